The Morgan fingerprint density at radius 2 is 1.74 bits per heavy atom. The highest BCUT2D eigenvalue weighted by atomic mass is 35.5. The molecule has 1 fully saturated rings. The zero-order valence-electron chi connectivity index (χ0n) is 11.4. The number of hydrogen-bond acceptors (Lipinski definition) is 2. The van der Waals surface area contributed by atoms with E-state index in [0.717, 1.165) is 44.5 Å². The van der Waals surface area contributed by atoms with Crippen LogP contribution in [0.3, 0.4) is 0 Å². The van der Waals surface area contributed by atoms with Gasteiger partial charge in [0.15, 0.2) is 0 Å². The summed E-state index contributed by atoms with van der Waals surface area (Å²) in [7, 11) is 0. The zero-order chi connectivity index (χ0) is 12.1. The third-order valence-electron chi connectivity index (χ3n) is 3.86. The molecule has 1 saturated heterocycles. The molecule has 0 amide bonds. The second kappa shape index (κ2) is 8.57. The summed E-state index contributed by atoms with van der Waals surface area (Å²) in [6, 6.07) is 10.6. The molecule has 108 valence electrons. The summed E-state index contributed by atoms with van der Waals surface area (Å²) in [6.45, 7) is 4.22. The SMILES string of the molecule is CCCC(=N)C1(c2ccccc2)CCNCC1.Cl.Cl. The summed E-state index contributed by atoms with van der Waals surface area (Å²) in [4.78, 5) is 0. The lowest BCUT2D eigenvalue weighted by molar-refractivity contribution is 0.390. The summed E-state index contributed by atoms with van der Waals surface area (Å²) in [5.41, 5.74) is 2.26. The summed E-state index contributed by atoms with van der Waals surface area (Å²) in [6.07, 6.45) is 4.13. The molecular formula is C15H24Cl2N2. The lowest BCUT2D eigenvalue weighted by atomic mass is 9.68. The number of nitrogens with one attached hydrogen (secondary N) is 2. The molecule has 1 heterocycles. The number of hydrogen-bond donors (Lipinski definition) is 2. The Labute approximate surface area is 128 Å². The smallest absolute Gasteiger partial charge is 0.0353 e. The molecule has 2 N–H and O–H groups in total. The second-order valence-corrected chi connectivity index (χ2v) is 4.93. The van der Waals surface area contributed by atoms with E-state index in [1.807, 2.05) is 0 Å². The standard InChI is InChI=1S/C15H22N2.2ClH/c1-2-6-14(16)15(9-11-17-12-10-15)13-7-4-3-5-8-13;;/h3-5,7-8,16-17H,2,6,9-12H2,1H3;2*1H. The Bertz CT molecular complexity index is 373. The molecule has 1 aliphatic heterocycles. The van der Waals surface area contributed by atoms with Crippen LogP contribution in [0.2, 0.25) is 0 Å². The van der Waals surface area contributed by atoms with Crippen molar-refractivity contribution in [1.29, 1.82) is 5.41 Å². The highest BCUT2D eigenvalue weighted by Gasteiger charge is 2.37. The minimum atomic E-state index is 0. The van der Waals surface area contributed by atoms with Gasteiger partial charge in [0, 0.05) is 11.1 Å². The Morgan fingerprint density at radius 1 is 1.16 bits per heavy atom. The average Bonchev–Trinajstić information content (AvgIpc) is 2.41. The van der Waals surface area contributed by atoms with Gasteiger partial charge in [-0.1, -0.05) is 43.7 Å². The van der Waals surface area contributed by atoms with Crippen LogP contribution in [0.1, 0.15) is 38.2 Å². The van der Waals surface area contributed by atoms with Crippen molar-refractivity contribution in [3.63, 3.8) is 0 Å². The zero-order valence-corrected chi connectivity index (χ0v) is 13.1. The van der Waals surface area contributed by atoms with E-state index < -0.39 is 0 Å². The summed E-state index contributed by atoms with van der Waals surface area (Å²) in [5.74, 6) is 0. The normalized spacial score (nSPS) is 16.9. The lowest BCUT2D eigenvalue weighted by Crippen LogP contribution is -2.45. The molecule has 0 atom stereocenters. The first-order valence-corrected chi connectivity index (χ1v) is 6.64. The maximum absolute atomic E-state index is 8.44. The van der Waals surface area contributed by atoms with Crippen LogP contribution >= 0.6 is 24.8 Å². The molecule has 1 aromatic rings. The first-order chi connectivity index (χ1) is 8.29. The van der Waals surface area contributed by atoms with E-state index in [0.29, 0.717) is 0 Å². The van der Waals surface area contributed by atoms with E-state index in [4.69, 9.17) is 5.41 Å². The minimum absolute atomic E-state index is 0. The fraction of sp³-hybridized carbons (Fsp3) is 0.533. The molecule has 1 aromatic carbocycles. The first kappa shape index (κ1) is 18.4. The van der Waals surface area contributed by atoms with E-state index in [1.165, 1.54) is 5.56 Å². The van der Waals surface area contributed by atoms with E-state index >= 15 is 0 Å². The molecule has 0 bridgehead atoms. The third kappa shape index (κ3) is 3.95. The van der Waals surface area contributed by atoms with E-state index in [9.17, 15) is 0 Å². The van der Waals surface area contributed by atoms with Gasteiger partial charge in [-0.2, -0.15) is 0 Å². The maximum Gasteiger partial charge on any atom is 0.0353 e. The number of rotatable bonds is 4. The molecule has 4 heteroatoms. The Kier molecular flexibility index (Phi) is 8.31. The van der Waals surface area contributed by atoms with Crippen LogP contribution in [-0.2, 0) is 5.41 Å². The molecule has 2 rings (SSSR count). The highest BCUT2D eigenvalue weighted by Crippen LogP contribution is 2.35. The fourth-order valence-corrected chi connectivity index (χ4v) is 2.86. The topological polar surface area (TPSA) is 35.9 Å². The predicted molar refractivity (Wildman–Crippen MR) is 87.4 cm³/mol. The van der Waals surface area contributed by atoms with Crippen LogP contribution in [0, 0.1) is 5.41 Å². The Hall–Kier alpha value is -0.570. The molecule has 19 heavy (non-hydrogen) atoms. The van der Waals surface area contributed by atoms with Crippen molar-refractivity contribution < 1.29 is 0 Å². The number of piperidine rings is 1. The van der Waals surface area contributed by atoms with Gasteiger partial charge in [-0.25, -0.2) is 0 Å². The van der Waals surface area contributed by atoms with Gasteiger partial charge in [-0.15, -0.1) is 24.8 Å². The van der Waals surface area contributed by atoms with Crippen LogP contribution in [0.25, 0.3) is 0 Å². The van der Waals surface area contributed by atoms with Crippen molar-refractivity contribution in [2.75, 3.05) is 13.1 Å². The van der Waals surface area contributed by atoms with Gasteiger partial charge in [-0.3, -0.25) is 0 Å². The van der Waals surface area contributed by atoms with Crippen LogP contribution in [0.4, 0.5) is 0 Å². The molecule has 0 aliphatic carbocycles. The summed E-state index contributed by atoms with van der Waals surface area (Å²) in [5, 5.41) is 11.9. The molecule has 0 radical (unpaired) electrons. The average molecular weight is 303 g/mol. The summed E-state index contributed by atoms with van der Waals surface area (Å²) < 4.78 is 0. The molecule has 0 spiro atoms. The van der Waals surface area contributed by atoms with Crippen molar-refractivity contribution >= 4 is 30.5 Å². The van der Waals surface area contributed by atoms with Crippen LogP contribution in [-0.4, -0.2) is 18.8 Å². The monoisotopic (exact) mass is 302 g/mol. The Morgan fingerprint density at radius 3 is 2.26 bits per heavy atom. The largest absolute Gasteiger partial charge is 0.317 e. The molecule has 0 unspecified atom stereocenters. The number of halogens is 2. The van der Waals surface area contributed by atoms with Gasteiger partial charge in [0.2, 0.25) is 0 Å². The third-order valence-corrected chi connectivity index (χ3v) is 3.86. The predicted octanol–water partition coefficient (Wildman–Crippen LogP) is 3.97. The van der Waals surface area contributed by atoms with Crippen molar-refractivity contribution in [2.24, 2.45) is 0 Å². The quantitative estimate of drug-likeness (QED) is 0.811. The van der Waals surface area contributed by atoms with E-state index in [2.05, 4.69) is 42.6 Å². The molecule has 0 aromatic heterocycles. The first-order valence-electron chi connectivity index (χ1n) is 6.64. The molecule has 2 nitrogen and oxygen atoms in total. The van der Waals surface area contributed by atoms with Crippen LogP contribution in [0.5, 0.6) is 0 Å². The lowest BCUT2D eigenvalue weighted by Gasteiger charge is -2.39. The van der Waals surface area contributed by atoms with Crippen molar-refractivity contribution in [1.82, 2.24) is 5.32 Å². The Balaban J connectivity index is 0.00000162. The van der Waals surface area contributed by atoms with Gasteiger partial charge >= 0.3 is 0 Å². The number of benzene rings is 1. The van der Waals surface area contributed by atoms with Crippen LogP contribution < -0.4 is 5.32 Å². The van der Waals surface area contributed by atoms with Crippen molar-refractivity contribution in [3.05, 3.63) is 35.9 Å². The van der Waals surface area contributed by atoms with Crippen molar-refractivity contribution in [3.8, 4) is 0 Å². The van der Waals surface area contributed by atoms with Crippen molar-refractivity contribution in [2.45, 2.75) is 38.0 Å². The maximum atomic E-state index is 8.44. The van der Waals surface area contributed by atoms with E-state index in [-0.39, 0.29) is 30.2 Å². The van der Waals surface area contributed by atoms with E-state index in [1.54, 1.807) is 0 Å². The molecule has 1 aliphatic rings. The highest BCUT2D eigenvalue weighted by molar-refractivity contribution is 5.92. The molecule has 0 saturated carbocycles. The van der Waals surface area contributed by atoms with Gasteiger partial charge < -0.3 is 10.7 Å². The van der Waals surface area contributed by atoms with Gasteiger partial charge in [0.05, 0.1) is 0 Å². The van der Waals surface area contributed by atoms with Gasteiger partial charge in [0.25, 0.3) is 0 Å². The fourth-order valence-electron chi connectivity index (χ4n) is 2.86. The van der Waals surface area contributed by atoms with Gasteiger partial charge in [0.1, 0.15) is 0 Å². The van der Waals surface area contributed by atoms with Crippen LogP contribution in [0.15, 0.2) is 30.3 Å². The second-order valence-electron chi connectivity index (χ2n) is 4.93. The molecular weight excluding hydrogens is 279 g/mol. The summed E-state index contributed by atoms with van der Waals surface area (Å²) >= 11 is 0. The van der Waals surface area contributed by atoms with Gasteiger partial charge in [-0.05, 0) is 37.9 Å². The minimum Gasteiger partial charge on any atom is -0.317 e.